The molecule has 1 unspecified atom stereocenters. The van der Waals surface area contributed by atoms with Gasteiger partial charge < -0.3 is 15.2 Å². The number of aromatic nitrogens is 2. The lowest BCUT2D eigenvalue weighted by molar-refractivity contribution is 0.251. The second-order valence-electron chi connectivity index (χ2n) is 5.93. The molecule has 1 aromatic carbocycles. The monoisotopic (exact) mass is 332 g/mol. The molecule has 2 aromatic rings. The Labute approximate surface area is 139 Å². The molecule has 2 amide bonds. The number of carbonyl (C=O) groups is 1. The number of urea groups is 1. The van der Waals surface area contributed by atoms with Crippen LogP contribution in [-0.2, 0) is 0 Å². The number of nitrogens with one attached hydrogen (secondary N) is 2. The van der Waals surface area contributed by atoms with Gasteiger partial charge in [0.15, 0.2) is 0 Å². The zero-order valence-electron chi connectivity index (χ0n) is 13.3. The van der Waals surface area contributed by atoms with Crippen molar-refractivity contribution in [2.45, 2.75) is 31.4 Å². The van der Waals surface area contributed by atoms with Gasteiger partial charge in [0.25, 0.3) is 0 Å². The summed E-state index contributed by atoms with van der Waals surface area (Å²) in [6.45, 7) is 4.62. The molecule has 1 aromatic heterocycles. The van der Waals surface area contributed by atoms with Crippen molar-refractivity contribution in [2.24, 2.45) is 0 Å². The van der Waals surface area contributed by atoms with E-state index in [1.807, 2.05) is 36.0 Å². The van der Waals surface area contributed by atoms with Crippen molar-refractivity contribution in [2.75, 3.05) is 17.6 Å². The molecule has 0 bridgehead atoms. The predicted octanol–water partition coefficient (Wildman–Crippen LogP) is 3.45. The molecule has 2 N–H and O–H groups in total. The Balaban J connectivity index is 1.60. The molecule has 6 nitrogen and oxygen atoms in total. The highest BCUT2D eigenvalue weighted by molar-refractivity contribution is 8.00. The molecular formula is C16H20N4O2S. The second kappa shape index (κ2) is 6.62. The van der Waals surface area contributed by atoms with Crippen molar-refractivity contribution >= 4 is 23.5 Å². The van der Waals surface area contributed by atoms with E-state index >= 15 is 0 Å². The summed E-state index contributed by atoms with van der Waals surface area (Å²) in [6, 6.07) is 7.20. The molecule has 0 saturated carbocycles. The molecule has 3 rings (SSSR count). The molecule has 0 spiro atoms. The van der Waals surface area contributed by atoms with Crippen molar-refractivity contribution in [1.82, 2.24) is 15.5 Å². The van der Waals surface area contributed by atoms with E-state index in [9.17, 15) is 4.79 Å². The van der Waals surface area contributed by atoms with Gasteiger partial charge in [-0.1, -0.05) is 17.3 Å². The van der Waals surface area contributed by atoms with Crippen molar-refractivity contribution in [3.63, 3.8) is 0 Å². The summed E-state index contributed by atoms with van der Waals surface area (Å²) in [6.07, 6.45) is 2.36. The molecule has 0 aliphatic carbocycles. The molecule has 122 valence electrons. The molecule has 1 aliphatic heterocycles. The highest BCUT2D eigenvalue weighted by atomic mass is 32.2. The van der Waals surface area contributed by atoms with Crippen LogP contribution in [0.5, 0.6) is 0 Å². The lowest BCUT2D eigenvalue weighted by atomic mass is 10.1. The van der Waals surface area contributed by atoms with E-state index in [2.05, 4.69) is 27.7 Å². The van der Waals surface area contributed by atoms with Crippen LogP contribution in [0.1, 0.15) is 25.7 Å². The third kappa shape index (κ3) is 4.04. The van der Waals surface area contributed by atoms with Crippen molar-refractivity contribution in [3.05, 3.63) is 30.2 Å². The summed E-state index contributed by atoms with van der Waals surface area (Å²) in [5, 5.41) is 9.70. The summed E-state index contributed by atoms with van der Waals surface area (Å²) in [7, 11) is 0. The summed E-state index contributed by atoms with van der Waals surface area (Å²) in [4.78, 5) is 16.3. The Hall–Kier alpha value is -2.02. The number of aryl methyl sites for hydroxylation is 1. The van der Waals surface area contributed by atoms with E-state index in [1.54, 1.807) is 6.92 Å². The Kier molecular flexibility index (Phi) is 4.56. The van der Waals surface area contributed by atoms with Gasteiger partial charge in [-0.2, -0.15) is 16.7 Å². The van der Waals surface area contributed by atoms with Crippen molar-refractivity contribution in [3.8, 4) is 11.4 Å². The fourth-order valence-corrected chi connectivity index (χ4v) is 3.82. The van der Waals surface area contributed by atoms with Crippen LogP contribution in [0, 0.1) is 6.92 Å². The number of nitrogens with zero attached hydrogens (tertiary/aromatic N) is 2. The smallest absolute Gasteiger partial charge is 0.319 e. The van der Waals surface area contributed by atoms with Gasteiger partial charge >= 0.3 is 6.03 Å². The maximum atomic E-state index is 12.1. The van der Waals surface area contributed by atoms with Gasteiger partial charge in [0.1, 0.15) is 0 Å². The normalized spacial score (nSPS) is 20.4. The van der Waals surface area contributed by atoms with Crippen LogP contribution in [0.25, 0.3) is 11.4 Å². The number of benzene rings is 1. The standard InChI is InChI=1S/C16H20N4O2S/c1-11-18-14(20-22-11)12-5-3-6-13(9-12)19-15(21)17-10-16(2)7-4-8-23-16/h3,5-6,9H,4,7-8,10H2,1-2H3,(H2,17,19,21). The van der Waals surface area contributed by atoms with Gasteiger partial charge in [0.2, 0.25) is 11.7 Å². The number of hydrogen-bond acceptors (Lipinski definition) is 5. The van der Waals surface area contributed by atoms with Crippen LogP contribution in [0.2, 0.25) is 0 Å². The van der Waals surface area contributed by atoms with Crippen LogP contribution >= 0.6 is 11.8 Å². The molecule has 1 aliphatic rings. The summed E-state index contributed by atoms with van der Waals surface area (Å²) in [5.74, 6) is 2.20. The Morgan fingerprint density at radius 1 is 1.48 bits per heavy atom. The van der Waals surface area contributed by atoms with E-state index in [0.717, 1.165) is 12.0 Å². The third-order valence-corrected chi connectivity index (χ3v) is 5.37. The topological polar surface area (TPSA) is 80.0 Å². The lowest BCUT2D eigenvalue weighted by Gasteiger charge is -2.22. The first-order valence-electron chi connectivity index (χ1n) is 7.64. The first-order valence-corrected chi connectivity index (χ1v) is 8.62. The first kappa shape index (κ1) is 15.9. The van der Waals surface area contributed by atoms with Gasteiger partial charge in [0, 0.05) is 29.5 Å². The fourth-order valence-electron chi connectivity index (χ4n) is 2.57. The van der Waals surface area contributed by atoms with E-state index in [-0.39, 0.29) is 10.8 Å². The van der Waals surface area contributed by atoms with E-state index in [4.69, 9.17) is 4.52 Å². The van der Waals surface area contributed by atoms with E-state index in [0.29, 0.717) is 23.9 Å². The SMILES string of the molecule is Cc1nc(-c2cccc(NC(=O)NCC3(C)CCCS3)c2)no1. The number of hydrogen-bond donors (Lipinski definition) is 2. The molecule has 2 heterocycles. The van der Waals surface area contributed by atoms with Crippen LogP contribution in [-0.4, -0.2) is 33.2 Å². The van der Waals surface area contributed by atoms with Crippen molar-refractivity contribution < 1.29 is 9.32 Å². The minimum Gasteiger partial charge on any atom is -0.339 e. The number of carbonyl (C=O) groups excluding carboxylic acids is 1. The van der Waals surface area contributed by atoms with E-state index in [1.165, 1.54) is 12.2 Å². The van der Waals surface area contributed by atoms with Gasteiger partial charge in [-0.15, -0.1) is 0 Å². The molecular weight excluding hydrogens is 312 g/mol. The highest BCUT2D eigenvalue weighted by Crippen LogP contribution is 2.36. The minimum atomic E-state index is -0.194. The van der Waals surface area contributed by atoms with Crippen LogP contribution in [0.3, 0.4) is 0 Å². The second-order valence-corrected chi connectivity index (χ2v) is 7.61. The Morgan fingerprint density at radius 2 is 2.35 bits per heavy atom. The average molecular weight is 332 g/mol. The Morgan fingerprint density at radius 3 is 3.04 bits per heavy atom. The quantitative estimate of drug-likeness (QED) is 0.896. The van der Waals surface area contributed by atoms with Crippen LogP contribution < -0.4 is 10.6 Å². The maximum Gasteiger partial charge on any atom is 0.319 e. The van der Waals surface area contributed by atoms with Gasteiger partial charge in [0.05, 0.1) is 0 Å². The molecule has 7 heteroatoms. The Bertz CT molecular complexity index is 695. The summed E-state index contributed by atoms with van der Waals surface area (Å²) >= 11 is 1.93. The summed E-state index contributed by atoms with van der Waals surface area (Å²) < 4.78 is 5.14. The van der Waals surface area contributed by atoms with Crippen LogP contribution in [0.4, 0.5) is 10.5 Å². The van der Waals surface area contributed by atoms with Crippen molar-refractivity contribution in [1.29, 1.82) is 0 Å². The molecule has 23 heavy (non-hydrogen) atoms. The molecule has 1 atom stereocenters. The van der Waals surface area contributed by atoms with Gasteiger partial charge in [-0.05, 0) is 37.7 Å². The van der Waals surface area contributed by atoms with E-state index < -0.39 is 0 Å². The largest absolute Gasteiger partial charge is 0.339 e. The van der Waals surface area contributed by atoms with Gasteiger partial charge in [-0.25, -0.2) is 4.79 Å². The minimum absolute atomic E-state index is 0.154. The molecule has 0 radical (unpaired) electrons. The zero-order chi connectivity index (χ0) is 16.3. The van der Waals surface area contributed by atoms with Gasteiger partial charge in [-0.3, -0.25) is 0 Å². The molecule has 1 saturated heterocycles. The molecule has 1 fully saturated rings. The first-order chi connectivity index (χ1) is 11.0. The number of thioether (sulfide) groups is 1. The zero-order valence-corrected chi connectivity index (χ0v) is 14.1. The lowest BCUT2D eigenvalue weighted by Crippen LogP contribution is -2.39. The average Bonchev–Trinajstić information content (AvgIpc) is 3.15. The highest BCUT2D eigenvalue weighted by Gasteiger charge is 2.29. The fraction of sp³-hybridized carbons (Fsp3) is 0.438. The third-order valence-electron chi connectivity index (χ3n) is 3.83. The predicted molar refractivity (Wildman–Crippen MR) is 91.6 cm³/mol. The maximum absolute atomic E-state index is 12.1. The number of anilines is 1. The summed E-state index contributed by atoms with van der Waals surface area (Å²) in [5.41, 5.74) is 1.50. The number of amides is 2. The number of rotatable bonds is 4. The van der Waals surface area contributed by atoms with Crippen LogP contribution in [0.15, 0.2) is 28.8 Å².